The molecule has 6 heteroatoms. The molecule has 0 saturated heterocycles. The first-order valence-corrected chi connectivity index (χ1v) is 7.64. The third-order valence-corrected chi connectivity index (χ3v) is 3.92. The number of halogens is 2. The third-order valence-electron chi connectivity index (χ3n) is 3.26. The molecule has 23 heavy (non-hydrogen) atoms. The fraction of sp³-hybridized carbons (Fsp3) is 0.176. The van der Waals surface area contributed by atoms with E-state index < -0.39 is 6.10 Å². The molecule has 2 aromatic carbocycles. The van der Waals surface area contributed by atoms with Crippen LogP contribution < -0.4 is 5.32 Å². The Balaban J connectivity index is 2.04. The number of aliphatic hydroxyl groups excluding tert-OH is 1. The van der Waals surface area contributed by atoms with Gasteiger partial charge in [0, 0.05) is 27.7 Å². The van der Waals surface area contributed by atoms with E-state index in [-0.39, 0.29) is 18.9 Å². The van der Waals surface area contributed by atoms with Crippen molar-refractivity contribution in [2.45, 2.75) is 12.5 Å². The predicted molar refractivity (Wildman–Crippen MR) is 89.5 cm³/mol. The van der Waals surface area contributed by atoms with E-state index in [4.69, 9.17) is 28.5 Å². The van der Waals surface area contributed by atoms with Crippen molar-refractivity contribution >= 4 is 29.1 Å². The van der Waals surface area contributed by atoms with Gasteiger partial charge in [-0.2, -0.15) is 5.26 Å². The van der Waals surface area contributed by atoms with Crippen LogP contribution in [0, 0.1) is 11.3 Å². The summed E-state index contributed by atoms with van der Waals surface area (Å²) in [5.41, 5.74) is 1.57. The minimum Gasteiger partial charge on any atom is -0.386 e. The number of aliphatic hydroxyl groups is 1. The standard InChI is InChI=1S/C17H14Cl2N2O2/c18-13-5-2-6-14(19)16(13)15(22)10-21-17(23)12-4-1-3-11(9-12)7-8-20/h1-6,9,15,22H,7,10H2,(H,21,23). The fourth-order valence-electron chi connectivity index (χ4n) is 2.14. The first-order chi connectivity index (χ1) is 11.0. The highest BCUT2D eigenvalue weighted by atomic mass is 35.5. The smallest absolute Gasteiger partial charge is 0.251 e. The maximum atomic E-state index is 12.1. The maximum Gasteiger partial charge on any atom is 0.251 e. The number of nitrogens with one attached hydrogen (secondary N) is 1. The van der Waals surface area contributed by atoms with Crippen LogP contribution in [0.2, 0.25) is 10.0 Å². The molecule has 4 nitrogen and oxygen atoms in total. The lowest BCUT2D eigenvalue weighted by atomic mass is 10.1. The summed E-state index contributed by atoms with van der Waals surface area (Å²) >= 11 is 12.0. The number of rotatable bonds is 5. The number of benzene rings is 2. The Morgan fingerprint density at radius 3 is 2.52 bits per heavy atom. The molecule has 0 bridgehead atoms. The van der Waals surface area contributed by atoms with Gasteiger partial charge in [0.2, 0.25) is 0 Å². The van der Waals surface area contributed by atoms with Crippen molar-refractivity contribution in [2.24, 2.45) is 0 Å². The van der Waals surface area contributed by atoms with Crippen molar-refractivity contribution in [1.82, 2.24) is 5.32 Å². The quantitative estimate of drug-likeness (QED) is 0.867. The van der Waals surface area contributed by atoms with Gasteiger partial charge in [0.15, 0.2) is 0 Å². The summed E-state index contributed by atoms with van der Waals surface area (Å²) in [7, 11) is 0. The number of hydrogen-bond donors (Lipinski definition) is 2. The Bertz CT molecular complexity index is 736. The summed E-state index contributed by atoms with van der Waals surface area (Å²) in [5, 5.41) is 22.2. The molecule has 0 fully saturated rings. The molecule has 0 aromatic heterocycles. The first-order valence-electron chi connectivity index (χ1n) is 6.89. The molecule has 118 valence electrons. The van der Waals surface area contributed by atoms with Gasteiger partial charge in [-0.1, -0.05) is 41.4 Å². The van der Waals surface area contributed by atoms with Crippen LogP contribution in [0.4, 0.5) is 0 Å². The molecular formula is C17H14Cl2N2O2. The van der Waals surface area contributed by atoms with E-state index >= 15 is 0 Å². The zero-order valence-corrected chi connectivity index (χ0v) is 13.6. The van der Waals surface area contributed by atoms with Gasteiger partial charge in [-0.15, -0.1) is 0 Å². The van der Waals surface area contributed by atoms with Crippen molar-refractivity contribution in [3.63, 3.8) is 0 Å². The normalized spacial score (nSPS) is 11.6. The molecule has 1 amide bonds. The zero-order valence-electron chi connectivity index (χ0n) is 12.1. The van der Waals surface area contributed by atoms with Crippen LogP contribution in [-0.4, -0.2) is 17.6 Å². The molecule has 2 rings (SSSR count). The van der Waals surface area contributed by atoms with Crippen LogP contribution in [0.3, 0.4) is 0 Å². The van der Waals surface area contributed by atoms with Gasteiger partial charge < -0.3 is 10.4 Å². The third kappa shape index (κ3) is 4.46. The summed E-state index contributed by atoms with van der Waals surface area (Å²) in [6.45, 7) is -0.0231. The van der Waals surface area contributed by atoms with E-state index in [0.717, 1.165) is 5.56 Å². The van der Waals surface area contributed by atoms with Gasteiger partial charge in [0.1, 0.15) is 0 Å². The molecule has 2 N–H and O–H groups in total. The van der Waals surface area contributed by atoms with Crippen molar-refractivity contribution < 1.29 is 9.90 Å². The van der Waals surface area contributed by atoms with Crippen LogP contribution in [0.25, 0.3) is 0 Å². The molecule has 2 aromatic rings. The Kier molecular flexibility index (Phi) is 6.00. The molecule has 0 heterocycles. The summed E-state index contributed by atoms with van der Waals surface area (Å²) in [6.07, 6.45) is -0.777. The Morgan fingerprint density at radius 2 is 1.87 bits per heavy atom. The Morgan fingerprint density at radius 1 is 1.22 bits per heavy atom. The number of carbonyl (C=O) groups excluding carboxylic acids is 1. The predicted octanol–water partition coefficient (Wildman–Crippen LogP) is 3.52. The molecular weight excluding hydrogens is 335 g/mol. The Hall–Kier alpha value is -2.06. The lowest BCUT2D eigenvalue weighted by Crippen LogP contribution is -2.28. The number of nitrogens with zero attached hydrogens (tertiary/aromatic N) is 1. The lowest BCUT2D eigenvalue weighted by molar-refractivity contribution is 0.0916. The average molecular weight is 349 g/mol. The maximum absolute atomic E-state index is 12.1. The first kappa shape index (κ1) is 17.3. The molecule has 0 saturated carbocycles. The summed E-state index contributed by atoms with van der Waals surface area (Å²) in [4.78, 5) is 12.1. The van der Waals surface area contributed by atoms with Gasteiger partial charge in [0.05, 0.1) is 18.6 Å². The molecule has 0 radical (unpaired) electrons. The topological polar surface area (TPSA) is 73.1 Å². The van der Waals surface area contributed by atoms with Crippen LogP contribution in [0.5, 0.6) is 0 Å². The van der Waals surface area contributed by atoms with E-state index in [1.165, 1.54) is 0 Å². The molecule has 0 aliphatic rings. The number of amides is 1. The van der Waals surface area contributed by atoms with E-state index in [9.17, 15) is 9.90 Å². The Labute approximate surface area is 144 Å². The van der Waals surface area contributed by atoms with Gasteiger partial charge in [-0.05, 0) is 29.8 Å². The largest absolute Gasteiger partial charge is 0.386 e. The van der Waals surface area contributed by atoms with E-state index in [2.05, 4.69) is 5.32 Å². The van der Waals surface area contributed by atoms with Crippen molar-refractivity contribution in [1.29, 1.82) is 5.26 Å². The minimum atomic E-state index is -1.01. The van der Waals surface area contributed by atoms with Crippen LogP contribution in [-0.2, 0) is 6.42 Å². The minimum absolute atomic E-state index is 0.0231. The van der Waals surface area contributed by atoms with E-state index in [1.54, 1.807) is 42.5 Å². The second-order valence-electron chi connectivity index (χ2n) is 4.90. The number of nitriles is 1. The molecule has 1 unspecified atom stereocenters. The average Bonchev–Trinajstić information content (AvgIpc) is 2.53. The van der Waals surface area contributed by atoms with Crippen LogP contribution in [0.1, 0.15) is 27.6 Å². The second kappa shape index (κ2) is 7.98. The van der Waals surface area contributed by atoms with Crippen molar-refractivity contribution in [3.05, 3.63) is 69.2 Å². The second-order valence-corrected chi connectivity index (χ2v) is 5.71. The van der Waals surface area contributed by atoms with Gasteiger partial charge in [0.25, 0.3) is 5.91 Å². The van der Waals surface area contributed by atoms with Crippen LogP contribution >= 0.6 is 23.2 Å². The van der Waals surface area contributed by atoms with Gasteiger partial charge in [-0.3, -0.25) is 4.79 Å². The number of carbonyl (C=O) groups is 1. The molecule has 0 aliphatic carbocycles. The highest BCUT2D eigenvalue weighted by molar-refractivity contribution is 6.36. The van der Waals surface area contributed by atoms with Crippen LogP contribution in [0.15, 0.2) is 42.5 Å². The summed E-state index contributed by atoms with van der Waals surface area (Å²) in [6, 6.07) is 13.7. The monoisotopic (exact) mass is 348 g/mol. The van der Waals surface area contributed by atoms with Crippen molar-refractivity contribution in [3.8, 4) is 6.07 Å². The van der Waals surface area contributed by atoms with E-state index in [0.29, 0.717) is 21.2 Å². The zero-order chi connectivity index (χ0) is 16.8. The highest BCUT2D eigenvalue weighted by Gasteiger charge is 2.16. The molecule has 0 aliphatic heterocycles. The molecule has 1 atom stereocenters. The van der Waals surface area contributed by atoms with Gasteiger partial charge in [-0.25, -0.2) is 0 Å². The van der Waals surface area contributed by atoms with E-state index in [1.807, 2.05) is 6.07 Å². The molecule has 0 spiro atoms. The van der Waals surface area contributed by atoms with Crippen molar-refractivity contribution in [2.75, 3.05) is 6.54 Å². The van der Waals surface area contributed by atoms with Gasteiger partial charge >= 0.3 is 0 Å². The summed E-state index contributed by atoms with van der Waals surface area (Å²) < 4.78 is 0. The SMILES string of the molecule is N#CCc1cccc(C(=O)NCC(O)c2c(Cl)cccc2Cl)c1. The number of hydrogen-bond acceptors (Lipinski definition) is 3. The highest BCUT2D eigenvalue weighted by Crippen LogP contribution is 2.29. The lowest BCUT2D eigenvalue weighted by Gasteiger charge is -2.15. The fourth-order valence-corrected chi connectivity index (χ4v) is 2.79. The summed E-state index contributed by atoms with van der Waals surface area (Å²) in [5.74, 6) is -0.341.